The van der Waals surface area contributed by atoms with E-state index in [-0.39, 0.29) is 23.6 Å². The zero-order valence-electron chi connectivity index (χ0n) is 14.1. The number of carbonyl (C=O) groups excluding carboxylic acids is 1. The lowest BCUT2D eigenvalue weighted by Gasteiger charge is -2.10. The Balaban J connectivity index is 1.87. The largest absolute Gasteiger partial charge is 0.548 e. The van der Waals surface area contributed by atoms with Gasteiger partial charge < -0.3 is 19.2 Å². The van der Waals surface area contributed by atoms with Crippen LogP contribution in [0.25, 0.3) is 11.0 Å². The predicted octanol–water partition coefficient (Wildman–Crippen LogP) is 0.811. The highest BCUT2D eigenvalue weighted by Crippen LogP contribution is 2.20. The van der Waals surface area contributed by atoms with E-state index in [9.17, 15) is 18.3 Å². The molecule has 3 rings (SSSR count). The first kappa shape index (κ1) is 17.9. The fourth-order valence-corrected chi connectivity index (χ4v) is 3.99. The number of carboxylic acids is 1. The molecule has 0 unspecified atom stereocenters. The Morgan fingerprint density at radius 3 is 2.50 bits per heavy atom. The second-order valence-electron chi connectivity index (χ2n) is 5.72. The predicted molar refractivity (Wildman–Crippen MR) is 93.5 cm³/mol. The summed E-state index contributed by atoms with van der Waals surface area (Å²) in [5.41, 5.74) is 1.25. The van der Waals surface area contributed by atoms with Crippen molar-refractivity contribution in [1.29, 1.82) is 0 Å². The number of rotatable bonds is 7. The van der Waals surface area contributed by atoms with Crippen LogP contribution in [0.3, 0.4) is 0 Å². The number of para-hydroxylation sites is 2. The lowest BCUT2D eigenvalue weighted by atomic mass is 10.3. The number of ether oxygens (including phenoxy) is 1. The van der Waals surface area contributed by atoms with Gasteiger partial charge in [0.1, 0.15) is 11.6 Å². The van der Waals surface area contributed by atoms with Crippen molar-refractivity contribution in [1.82, 2.24) is 9.55 Å². The normalized spacial score (nSPS) is 11.6. The highest BCUT2D eigenvalue weighted by molar-refractivity contribution is 7.91. The van der Waals surface area contributed by atoms with Crippen molar-refractivity contribution in [3.63, 3.8) is 0 Å². The van der Waals surface area contributed by atoms with Crippen molar-refractivity contribution < 1.29 is 23.1 Å². The van der Waals surface area contributed by atoms with Gasteiger partial charge in [-0.05, 0) is 36.4 Å². The quantitative estimate of drug-likeness (QED) is 0.607. The maximum absolute atomic E-state index is 12.5. The summed E-state index contributed by atoms with van der Waals surface area (Å²) in [6.45, 7) is -0.377. The average Bonchev–Trinajstić information content (AvgIpc) is 2.97. The summed E-state index contributed by atoms with van der Waals surface area (Å²) >= 11 is 0. The van der Waals surface area contributed by atoms with Gasteiger partial charge in [-0.2, -0.15) is 0 Å². The number of aromatic nitrogens is 2. The number of aryl methyl sites for hydroxylation is 1. The van der Waals surface area contributed by atoms with Crippen LogP contribution in [0.15, 0.2) is 53.4 Å². The number of nitrogens with zero attached hydrogens (tertiary/aromatic N) is 2. The topological polar surface area (TPSA) is 101 Å². The molecule has 0 aliphatic heterocycles. The maximum Gasteiger partial charge on any atom is 0.178 e. The first-order valence-electron chi connectivity index (χ1n) is 7.91. The minimum absolute atomic E-state index is 0.0936. The van der Waals surface area contributed by atoms with E-state index in [1.807, 2.05) is 0 Å². The molecule has 26 heavy (non-hydrogen) atoms. The van der Waals surface area contributed by atoms with E-state index in [0.717, 1.165) is 0 Å². The summed E-state index contributed by atoms with van der Waals surface area (Å²) in [5.74, 6) is -0.477. The lowest BCUT2D eigenvalue weighted by Crippen LogP contribution is -2.28. The molecular formula is C18H17N2O5S-. The highest BCUT2D eigenvalue weighted by Gasteiger charge is 2.18. The molecule has 1 heterocycles. The number of methoxy groups -OCH3 is 1. The molecular weight excluding hydrogens is 356 g/mol. The molecule has 7 nitrogen and oxygen atoms in total. The standard InChI is InChI=1S/C18H18N2O5S/c1-25-13-6-8-14(9-7-13)26(23,24)11-10-17-19-15-4-2-3-5-16(15)20(17)12-18(21)22/h2-9H,10-12H2,1H3,(H,21,22)/p-1. The second-order valence-corrected chi connectivity index (χ2v) is 7.83. The van der Waals surface area contributed by atoms with Gasteiger partial charge in [-0.3, -0.25) is 0 Å². The van der Waals surface area contributed by atoms with Gasteiger partial charge in [0.15, 0.2) is 9.84 Å². The number of carboxylic acid groups (broad SMARTS) is 1. The Hall–Kier alpha value is -2.87. The number of benzene rings is 2. The van der Waals surface area contributed by atoms with Gasteiger partial charge in [0.25, 0.3) is 0 Å². The number of hydrogen-bond acceptors (Lipinski definition) is 6. The van der Waals surface area contributed by atoms with Crippen LogP contribution in [-0.4, -0.2) is 36.8 Å². The molecule has 136 valence electrons. The Labute approximate surface area is 150 Å². The van der Waals surface area contributed by atoms with Crippen LogP contribution < -0.4 is 9.84 Å². The van der Waals surface area contributed by atoms with Crippen LogP contribution >= 0.6 is 0 Å². The summed E-state index contributed by atoms with van der Waals surface area (Å²) in [6.07, 6.45) is 0.0936. The van der Waals surface area contributed by atoms with Crippen molar-refractivity contribution in [2.24, 2.45) is 0 Å². The number of imidazole rings is 1. The SMILES string of the molecule is COc1ccc(S(=O)(=O)CCc2nc3ccccc3n2CC(=O)[O-])cc1. The first-order chi connectivity index (χ1) is 12.4. The minimum Gasteiger partial charge on any atom is -0.548 e. The molecule has 0 fully saturated rings. The smallest absolute Gasteiger partial charge is 0.178 e. The van der Waals surface area contributed by atoms with Crippen LogP contribution in [0.4, 0.5) is 0 Å². The second kappa shape index (κ2) is 7.17. The highest BCUT2D eigenvalue weighted by atomic mass is 32.2. The summed E-state index contributed by atoms with van der Waals surface area (Å²) in [6, 6.07) is 13.2. The van der Waals surface area contributed by atoms with Gasteiger partial charge in [0.2, 0.25) is 0 Å². The third-order valence-corrected chi connectivity index (χ3v) is 5.77. The molecule has 3 aromatic rings. The molecule has 0 radical (unpaired) electrons. The van der Waals surface area contributed by atoms with Crippen LogP contribution in [0.5, 0.6) is 5.75 Å². The van der Waals surface area contributed by atoms with Crippen LogP contribution in [-0.2, 0) is 27.6 Å². The number of aliphatic carboxylic acids is 1. The Bertz CT molecular complexity index is 1040. The molecule has 2 aromatic carbocycles. The molecule has 0 aliphatic carbocycles. The van der Waals surface area contributed by atoms with Gasteiger partial charge in [-0.15, -0.1) is 0 Å². The number of sulfone groups is 1. The molecule has 0 bridgehead atoms. The van der Waals surface area contributed by atoms with E-state index in [1.54, 1.807) is 36.4 Å². The third-order valence-electron chi connectivity index (χ3n) is 4.03. The van der Waals surface area contributed by atoms with Crippen LogP contribution in [0.2, 0.25) is 0 Å². The Morgan fingerprint density at radius 1 is 1.15 bits per heavy atom. The lowest BCUT2D eigenvalue weighted by molar-refractivity contribution is -0.306. The minimum atomic E-state index is -3.54. The van der Waals surface area contributed by atoms with Gasteiger partial charge in [0.05, 0.1) is 41.3 Å². The zero-order valence-corrected chi connectivity index (χ0v) is 14.9. The van der Waals surface area contributed by atoms with E-state index in [2.05, 4.69) is 4.98 Å². The zero-order chi connectivity index (χ0) is 18.7. The molecule has 0 N–H and O–H groups in total. The maximum atomic E-state index is 12.5. The molecule has 0 aliphatic rings. The number of fused-ring (bicyclic) bond motifs is 1. The van der Waals surface area contributed by atoms with Gasteiger partial charge in [-0.1, -0.05) is 12.1 Å². The fourth-order valence-electron chi connectivity index (χ4n) is 2.75. The van der Waals surface area contributed by atoms with Gasteiger partial charge in [-0.25, -0.2) is 13.4 Å². The number of hydrogen-bond donors (Lipinski definition) is 0. The van der Waals surface area contributed by atoms with Crippen LogP contribution in [0, 0.1) is 0 Å². The molecule has 1 aromatic heterocycles. The fraction of sp³-hybridized carbons (Fsp3) is 0.222. The summed E-state index contributed by atoms with van der Waals surface area (Å²) in [5, 5.41) is 11.1. The molecule has 0 atom stereocenters. The van der Waals surface area contributed by atoms with Crippen molar-refractivity contribution in [2.45, 2.75) is 17.9 Å². The van der Waals surface area contributed by atoms with Crippen molar-refractivity contribution in [2.75, 3.05) is 12.9 Å². The van der Waals surface area contributed by atoms with E-state index in [1.165, 1.54) is 23.8 Å². The summed E-state index contributed by atoms with van der Waals surface area (Å²) < 4.78 is 31.6. The third kappa shape index (κ3) is 3.70. The van der Waals surface area contributed by atoms with E-state index >= 15 is 0 Å². The first-order valence-corrected chi connectivity index (χ1v) is 9.57. The van der Waals surface area contributed by atoms with Gasteiger partial charge in [0, 0.05) is 6.42 Å². The monoisotopic (exact) mass is 373 g/mol. The Kier molecular flexibility index (Phi) is 4.94. The van der Waals surface area contributed by atoms with Crippen molar-refractivity contribution in [3.8, 4) is 5.75 Å². The number of carbonyl (C=O) groups is 1. The average molecular weight is 373 g/mol. The van der Waals surface area contributed by atoms with E-state index < -0.39 is 15.8 Å². The van der Waals surface area contributed by atoms with Gasteiger partial charge >= 0.3 is 0 Å². The molecule has 0 saturated carbocycles. The summed E-state index contributed by atoms with van der Waals surface area (Å²) in [4.78, 5) is 15.6. The Morgan fingerprint density at radius 2 is 1.85 bits per heavy atom. The van der Waals surface area contributed by atoms with Crippen molar-refractivity contribution >= 4 is 26.8 Å². The molecule has 8 heteroatoms. The molecule has 0 saturated heterocycles. The molecule has 0 spiro atoms. The van der Waals surface area contributed by atoms with E-state index in [4.69, 9.17) is 4.74 Å². The van der Waals surface area contributed by atoms with Crippen molar-refractivity contribution in [3.05, 3.63) is 54.4 Å². The summed E-state index contributed by atoms with van der Waals surface area (Å²) in [7, 11) is -2.03. The molecule has 0 amide bonds. The van der Waals surface area contributed by atoms with E-state index in [0.29, 0.717) is 22.6 Å². The van der Waals surface area contributed by atoms with Crippen LogP contribution in [0.1, 0.15) is 5.82 Å².